The smallest absolute Gasteiger partial charge is 0.0619 e. The number of fused-ring (bicyclic) bond motifs is 6. The first kappa shape index (κ1) is 32.0. The van der Waals surface area contributed by atoms with Gasteiger partial charge in [-0.05, 0) is 106 Å². The summed E-state index contributed by atoms with van der Waals surface area (Å²) in [6.07, 6.45) is 0. The van der Waals surface area contributed by atoms with E-state index in [9.17, 15) is 0 Å². The molecule has 0 radical (unpaired) electrons. The highest BCUT2D eigenvalue weighted by Crippen LogP contribution is 2.43. The Labute approximate surface area is 325 Å². The number of nitrogens with zero attached hydrogens (tertiary/aromatic N) is 2. The first-order valence-corrected chi connectivity index (χ1v) is 19.3. The summed E-state index contributed by atoms with van der Waals surface area (Å²) in [5.74, 6) is 0. The lowest BCUT2D eigenvalue weighted by Gasteiger charge is -2.13. The van der Waals surface area contributed by atoms with Gasteiger partial charge in [-0.3, -0.25) is 0 Å². The normalized spacial score (nSPS) is 11.6. The lowest BCUT2D eigenvalue weighted by atomic mass is 9.95. The molecule has 0 saturated carbocycles. The van der Waals surface area contributed by atoms with Gasteiger partial charge in [-0.1, -0.05) is 152 Å². The Morgan fingerprint density at radius 3 is 1.38 bits per heavy atom. The zero-order valence-electron chi connectivity index (χ0n) is 30.7. The van der Waals surface area contributed by atoms with Crippen LogP contribution in [0.3, 0.4) is 0 Å². The molecule has 0 amide bonds. The van der Waals surface area contributed by atoms with Gasteiger partial charge >= 0.3 is 0 Å². The number of aromatic nitrogens is 2. The van der Waals surface area contributed by atoms with Gasteiger partial charge < -0.3 is 9.13 Å². The molecule has 2 aromatic heterocycles. The fourth-order valence-corrected chi connectivity index (χ4v) is 8.69. The average Bonchev–Trinajstić information content (AvgIpc) is 3.79. The summed E-state index contributed by atoms with van der Waals surface area (Å²) in [5, 5.41) is 4.96. The molecule has 0 aliphatic carbocycles. The van der Waals surface area contributed by atoms with Gasteiger partial charge in [0.15, 0.2) is 0 Å². The largest absolute Gasteiger partial charge is 0.309 e. The van der Waals surface area contributed by atoms with Crippen LogP contribution in [0.2, 0.25) is 0 Å². The topological polar surface area (TPSA) is 9.86 Å². The Morgan fingerprint density at radius 2 is 0.696 bits per heavy atom. The lowest BCUT2D eigenvalue weighted by Crippen LogP contribution is -1.95. The van der Waals surface area contributed by atoms with E-state index in [4.69, 9.17) is 0 Å². The summed E-state index contributed by atoms with van der Waals surface area (Å²) in [6, 6.07) is 79.4. The van der Waals surface area contributed by atoms with Crippen LogP contribution in [0.4, 0.5) is 0 Å². The van der Waals surface area contributed by atoms with Crippen molar-refractivity contribution in [3.05, 3.63) is 218 Å². The van der Waals surface area contributed by atoms with Crippen molar-refractivity contribution in [1.29, 1.82) is 0 Å². The quantitative estimate of drug-likeness (QED) is 0.162. The molecule has 2 heteroatoms. The van der Waals surface area contributed by atoms with Gasteiger partial charge in [0.1, 0.15) is 0 Å². The molecule has 0 spiro atoms. The zero-order chi connectivity index (χ0) is 37.0. The molecular weight excluding hydrogens is 677 g/mol. The summed E-state index contributed by atoms with van der Waals surface area (Å²) in [5.41, 5.74) is 16.8. The molecule has 2 heterocycles. The Kier molecular flexibility index (Phi) is 7.53. The molecule has 0 bridgehead atoms. The van der Waals surface area contributed by atoms with Crippen LogP contribution < -0.4 is 0 Å². The summed E-state index contributed by atoms with van der Waals surface area (Å²) in [7, 11) is 0. The van der Waals surface area contributed by atoms with Crippen LogP contribution in [0, 0.1) is 0 Å². The van der Waals surface area contributed by atoms with E-state index in [0.717, 1.165) is 11.4 Å². The maximum absolute atomic E-state index is 2.45. The molecule has 11 aromatic rings. The third-order valence-corrected chi connectivity index (χ3v) is 11.3. The van der Waals surface area contributed by atoms with Crippen molar-refractivity contribution in [2.75, 3.05) is 0 Å². The van der Waals surface area contributed by atoms with Gasteiger partial charge in [-0.25, -0.2) is 0 Å². The van der Waals surface area contributed by atoms with Crippen LogP contribution in [0.1, 0.15) is 0 Å². The average molecular weight is 713 g/mol. The SMILES string of the molecule is c1ccc(-c2cccc(-n3c4ccccc4c4cc(-c5ccc6c(c5)c5cc(-c7ccccc7)cc(-c7ccccc7)c5n6-c5ccccc5)ccc43)c2)cc1. The van der Waals surface area contributed by atoms with Gasteiger partial charge in [0.05, 0.1) is 22.1 Å². The van der Waals surface area contributed by atoms with Crippen LogP contribution in [-0.4, -0.2) is 9.13 Å². The van der Waals surface area contributed by atoms with E-state index in [1.807, 2.05) is 0 Å². The van der Waals surface area contributed by atoms with E-state index in [-0.39, 0.29) is 0 Å². The maximum Gasteiger partial charge on any atom is 0.0619 e. The van der Waals surface area contributed by atoms with Crippen LogP contribution in [0.25, 0.3) is 99.5 Å². The van der Waals surface area contributed by atoms with Crippen LogP contribution in [0.15, 0.2) is 218 Å². The second kappa shape index (κ2) is 13.2. The van der Waals surface area contributed by atoms with Gasteiger partial charge in [-0.15, -0.1) is 0 Å². The van der Waals surface area contributed by atoms with Gasteiger partial charge in [0.2, 0.25) is 0 Å². The van der Waals surface area contributed by atoms with E-state index in [0.29, 0.717) is 0 Å². The van der Waals surface area contributed by atoms with Gasteiger partial charge in [0.25, 0.3) is 0 Å². The highest BCUT2D eigenvalue weighted by Gasteiger charge is 2.20. The van der Waals surface area contributed by atoms with Crippen LogP contribution in [0.5, 0.6) is 0 Å². The molecular formula is C54H36N2. The number of para-hydroxylation sites is 2. The van der Waals surface area contributed by atoms with Crippen molar-refractivity contribution in [2.45, 2.75) is 0 Å². The van der Waals surface area contributed by atoms with Crippen molar-refractivity contribution in [2.24, 2.45) is 0 Å². The summed E-state index contributed by atoms with van der Waals surface area (Å²) >= 11 is 0. The van der Waals surface area contributed by atoms with Crippen molar-refractivity contribution in [3.8, 4) is 55.9 Å². The molecule has 0 atom stereocenters. The fraction of sp³-hybridized carbons (Fsp3) is 0. The second-order valence-corrected chi connectivity index (χ2v) is 14.6. The molecule has 0 fully saturated rings. The van der Waals surface area contributed by atoms with Crippen LogP contribution >= 0.6 is 0 Å². The minimum Gasteiger partial charge on any atom is -0.309 e. The Bertz CT molecular complexity index is 3210. The lowest BCUT2D eigenvalue weighted by molar-refractivity contribution is 1.18. The Balaban J connectivity index is 1.14. The molecule has 0 N–H and O–H groups in total. The Morgan fingerprint density at radius 1 is 0.232 bits per heavy atom. The van der Waals surface area contributed by atoms with Gasteiger partial charge in [0, 0.05) is 38.5 Å². The third kappa shape index (κ3) is 5.26. The number of hydrogen-bond donors (Lipinski definition) is 0. The monoisotopic (exact) mass is 712 g/mol. The maximum atomic E-state index is 2.45. The van der Waals surface area contributed by atoms with E-state index >= 15 is 0 Å². The molecule has 0 aliphatic heterocycles. The van der Waals surface area contributed by atoms with Crippen molar-refractivity contribution >= 4 is 43.6 Å². The number of benzene rings is 9. The summed E-state index contributed by atoms with van der Waals surface area (Å²) in [6.45, 7) is 0. The van der Waals surface area contributed by atoms with Gasteiger partial charge in [-0.2, -0.15) is 0 Å². The first-order valence-electron chi connectivity index (χ1n) is 19.3. The molecule has 0 saturated heterocycles. The molecule has 11 rings (SSSR count). The minimum atomic E-state index is 1.15. The van der Waals surface area contributed by atoms with Crippen molar-refractivity contribution in [3.63, 3.8) is 0 Å². The molecule has 9 aromatic carbocycles. The van der Waals surface area contributed by atoms with E-state index < -0.39 is 0 Å². The first-order chi connectivity index (χ1) is 27.8. The number of rotatable bonds is 6. The molecule has 0 aliphatic rings. The molecule has 2 nitrogen and oxygen atoms in total. The highest BCUT2D eigenvalue weighted by atomic mass is 15.0. The predicted octanol–water partition coefficient (Wildman–Crippen LogP) is 14.5. The zero-order valence-corrected chi connectivity index (χ0v) is 30.7. The molecule has 262 valence electrons. The Hall–Kier alpha value is -7.42. The summed E-state index contributed by atoms with van der Waals surface area (Å²) in [4.78, 5) is 0. The van der Waals surface area contributed by atoms with E-state index in [2.05, 4.69) is 228 Å². The molecule has 56 heavy (non-hydrogen) atoms. The standard InChI is InChI=1S/C54H36N2/c1-5-16-37(17-6-1)40-22-15-25-45(32-40)55-51-27-14-13-26-46(51)48-33-41(28-30-52(48)55)42-29-31-53-49(34-42)50-36-43(38-18-7-2-8-19-38)35-47(39-20-9-3-10-21-39)54(50)56(53)44-23-11-4-12-24-44/h1-36H. The van der Waals surface area contributed by atoms with E-state index in [1.54, 1.807) is 0 Å². The second-order valence-electron chi connectivity index (χ2n) is 14.6. The summed E-state index contributed by atoms with van der Waals surface area (Å²) < 4.78 is 4.86. The third-order valence-electron chi connectivity index (χ3n) is 11.3. The number of hydrogen-bond acceptors (Lipinski definition) is 0. The van der Waals surface area contributed by atoms with Crippen molar-refractivity contribution in [1.82, 2.24) is 9.13 Å². The predicted molar refractivity (Wildman–Crippen MR) is 237 cm³/mol. The van der Waals surface area contributed by atoms with Crippen LogP contribution in [-0.2, 0) is 0 Å². The fourth-order valence-electron chi connectivity index (χ4n) is 8.69. The molecule has 0 unspecified atom stereocenters. The highest BCUT2D eigenvalue weighted by molar-refractivity contribution is 6.16. The minimum absolute atomic E-state index is 1.15. The van der Waals surface area contributed by atoms with Crippen molar-refractivity contribution < 1.29 is 0 Å². The van der Waals surface area contributed by atoms with E-state index in [1.165, 1.54) is 88.1 Å².